The van der Waals surface area contributed by atoms with Gasteiger partial charge in [0, 0.05) is 6.54 Å². The van der Waals surface area contributed by atoms with Crippen LogP contribution in [0.3, 0.4) is 0 Å². The Morgan fingerprint density at radius 3 is 2.61 bits per heavy atom. The summed E-state index contributed by atoms with van der Waals surface area (Å²) in [6, 6.07) is 7.78. The third-order valence-electron chi connectivity index (χ3n) is 2.71. The van der Waals surface area contributed by atoms with Crippen molar-refractivity contribution in [3.8, 4) is 0 Å². The molecule has 0 spiro atoms. The number of aromatic amines is 1. The zero-order valence-corrected chi connectivity index (χ0v) is 10.9. The predicted molar refractivity (Wildman–Crippen MR) is 68.4 cm³/mol. The van der Waals surface area contributed by atoms with Gasteiger partial charge in [-0.15, -0.1) is 0 Å². The maximum Gasteiger partial charge on any atom is 0.257 e. The van der Waals surface area contributed by atoms with E-state index in [1.165, 1.54) is 12.5 Å². The summed E-state index contributed by atoms with van der Waals surface area (Å²) in [5, 5.41) is 0.0801. The number of aromatic nitrogens is 2. The van der Waals surface area contributed by atoms with Gasteiger partial charge in [-0.05, 0) is 17.5 Å². The van der Waals surface area contributed by atoms with E-state index < -0.39 is 10.0 Å². The topological polar surface area (TPSA) is 74.8 Å². The summed E-state index contributed by atoms with van der Waals surface area (Å²) in [6.45, 7) is 2.33. The van der Waals surface area contributed by atoms with Gasteiger partial charge in [0.1, 0.15) is 0 Å². The molecule has 0 bridgehead atoms. The lowest BCUT2D eigenvalue weighted by Gasteiger charge is -2.08. The molecular weight excluding hydrogens is 250 g/mol. The van der Waals surface area contributed by atoms with Crippen LogP contribution >= 0.6 is 0 Å². The van der Waals surface area contributed by atoms with Gasteiger partial charge in [-0.25, -0.2) is 18.1 Å². The first-order valence-corrected chi connectivity index (χ1v) is 7.16. The zero-order chi connectivity index (χ0) is 13.0. The molecule has 18 heavy (non-hydrogen) atoms. The largest absolute Gasteiger partial charge is 0.335 e. The number of nitrogens with one attached hydrogen (secondary N) is 2. The monoisotopic (exact) mass is 265 g/mol. The molecule has 0 saturated carbocycles. The number of imidazole rings is 1. The molecule has 0 aliphatic rings. The molecule has 0 saturated heterocycles. The molecule has 0 aliphatic heterocycles. The second-order valence-corrected chi connectivity index (χ2v) is 5.60. The Bertz CT molecular complexity index is 606. The van der Waals surface area contributed by atoms with Gasteiger partial charge in [0.25, 0.3) is 10.0 Å². The van der Waals surface area contributed by atoms with E-state index in [4.69, 9.17) is 0 Å². The number of aryl methyl sites for hydroxylation is 1. The summed E-state index contributed by atoms with van der Waals surface area (Å²) in [6.07, 6.45) is 3.50. The summed E-state index contributed by atoms with van der Waals surface area (Å²) >= 11 is 0. The van der Waals surface area contributed by atoms with Crippen molar-refractivity contribution < 1.29 is 8.42 Å². The van der Waals surface area contributed by atoms with Crippen molar-refractivity contribution in [1.29, 1.82) is 0 Å². The van der Waals surface area contributed by atoms with Crippen LogP contribution in [0, 0.1) is 0 Å². The highest BCUT2D eigenvalue weighted by molar-refractivity contribution is 7.89. The van der Waals surface area contributed by atoms with E-state index in [0.29, 0.717) is 0 Å². The quantitative estimate of drug-likeness (QED) is 0.859. The Kier molecular flexibility index (Phi) is 3.78. The average Bonchev–Trinajstić information content (AvgIpc) is 2.91. The minimum absolute atomic E-state index is 0.0801. The highest BCUT2D eigenvalue weighted by Gasteiger charge is 2.15. The lowest BCUT2D eigenvalue weighted by molar-refractivity contribution is 0.578. The first kappa shape index (κ1) is 12.8. The van der Waals surface area contributed by atoms with Gasteiger partial charge in [-0.1, -0.05) is 31.2 Å². The average molecular weight is 265 g/mol. The van der Waals surface area contributed by atoms with Gasteiger partial charge in [-0.2, -0.15) is 0 Å². The molecular formula is C12H15N3O2S. The van der Waals surface area contributed by atoms with Crippen LogP contribution in [0.4, 0.5) is 0 Å². The highest BCUT2D eigenvalue weighted by atomic mass is 32.2. The molecule has 2 rings (SSSR count). The molecule has 2 N–H and O–H groups in total. The minimum Gasteiger partial charge on any atom is -0.335 e. The van der Waals surface area contributed by atoms with Crippen LogP contribution in [0.15, 0.2) is 41.8 Å². The second kappa shape index (κ2) is 5.32. The van der Waals surface area contributed by atoms with Crippen molar-refractivity contribution >= 4 is 10.0 Å². The highest BCUT2D eigenvalue weighted by Crippen LogP contribution is 2.10. The third kappa shape index (κ3) is 2.77. The number of hydrogen-bond acceptors (Lipinski definition) is 3. The van der Waals surface area contributed by atoms with Crippen LogP contribution in [0.1, 0.15) is 18.1 Å². The van der Waals surface area contributed by atoms with E-state index in [-0.39, 0.29) is 11.6 Å². The molecule has 0 unspecified atom stereocenters. The van der Waals surface area contributed by atoms with Crippen molar-refractivity contribution in [3.05, 3.63) is 47.9 Å². The van der Waals surface area contributed by atoms with Gasteiger partial charge < -0.3 is 4.98 Å². The maximum absolute atomic E-state index is 11.9. The molecule has 0 radical (unpaired) electrons. The van der Waals surface area contributed by atoms with Crippen molar-refractivity contribution in [2.45, 2.75) is 24.9 Å². The fourth-order valence-corrected chi connectivity index (χ4v) is 2.62. The van der Waals surface area contributed by atoms with E-state index in [0.717, 1.165) is 17.5 Å². The number of H-pyrrole nitrogens is 1. The first-order valence-electron chi connectivity index (χ1n) is 5.68. The molecule has 96 valence electrons. The first-order chi connectivity index (χ1) is 8.63. The van der Waals surface area contributed by atoms with E-state index in [1.54, 1.807) is 0 Å². The molecule has 0 aliphatic carbocycles. The van der Waals surface area contributed by atoms with Gasteiger partial charge in [0.15, 0.2) is 5.03 Å². The zero-order valence-electron chi connectivity index (χ0n) is 10.1. The molecule has 0 amide bonds. The van der Waals surface area contributed by atoms with Gasteiger partial charge >= 0.3 is 0 Å². The van der Waals surface area contributed by atoms with E-state index >= 15 is 0 Å². The summed E-state index contributed by atoms with van der Waals surface area (Å²) in [7, 11) is -3.51. The van der Waals surface area contributed by atoms with Crippen LogP contribution in [-0.2, 0) is 23.0 Å². The van der Waals surface area contributed by atoms with Crippen molar-refractivity contribution in [2.75, 3.05) is 0 Å². The second-order valence-electron chi connectivity index (χ2n) is 3.86. The smallest absolute Gasteiger partial charge is 0.257 e. The third-order valence-corrected chi connectivity index (χ3v) is 4.04. The van der Waals surface area contributed by atoms with Gasteiger partial charge in [-0.3, -0.25) is 0 Å². The Balaban J connectivity index is 2.13. The predicted octanol–water partition coefficient (Wildman–Crippen LogP) is 1.45. The minimum atomic E-state index is -3.51. The number of nitrogens with zero attached hydrogens (tertiary/aromatic N) is 1. The van der Waals surface area contributed by atoms with Gasteiger partial charge in [0.05, 0.1) is 12.5 Å². The summed E-state index contributed by atoms with van der Waals surface area (Å²) in [4.78, 5) is 6.28. The van der Waals surface area contributed by atoms with Crippen molar-refractivity contribution in [1.82, 2.24) is 14.7 Å². The summed E-state index contributed by atoms with van der Waals surface area (Å²) < 4.78 is 26.3. The number of benzene rings is 1. The molecule has 2 aromatic rings. The molecule has 0 fully saturated rings. The van der Waals surface area contributed by atoms with Crippen LogP contribution in [0.2, 0.25) is 0 Å². The van der Waals surface area contributed by atoms with Crippen molar-refractivity contribution in [3.63, 3.8) is 0 Å². The van der Waals surface area contributed by atoms with E-state index in [1.807, 2.05) is 31.2 Å². The van der Waals surface area contributed by atoms with Crippen LogP contribution < -0.4 is 4.72 Å². The number of sulfonamides is 1. The maximum atomic E-state index is 11.9. The Morgan fingerprint density at radius 2 is 2.00 bits per heavy atom. The molecule has 6 heteroatoms. The summed E-state index contributed by atoms with van der Waals surface area (Å²) in [5.74, 6) is 0. The summed E-state index contributed by atoms with van der Waals surface area (Å²) in [5.41, 5.74) is 2.13. The number of hydrogen-bond donors (Lipinski definition) is 2. The fraction of sp³-hybridized carbons (Fsp3) is 0.250. The molecule has 1 heterocycles. The normalized spacial score (nSPS) is 11.6. The standard InChI is InChI=1S/C12H15N3O2S/c1-2-10-5-3-4-6-11(10)7-15-18(16,17)12-8-13-9-14-12/h3-6,8-9,15H,2,7H2,1H3,(H,13,14). The molecule has 1 aromatic heterocycles. The molecule has 0 atom stereocenters. The fourth-order valence-electron chi connectivity index (χ4n) is 1.72. The Labute approximate surface area is 106 Å². The van der Waals surface area contributed by atoms with Crippen LogP contribution in [-0.4, -0.2) is 18.4 Å². The lowest BCUT2D eigenvalue weighted by atomic mass is 10.1. The number of rotatable bonds is 5. The lowest BCUT2D eigenvalue weighted by Crippen LogP contribution is -2.24. The molecule has 5 nitrogen and oxygen atoms in total. The van der Waals surface area contributed by atoms with Crippen LogP contribution in [0.25, 0.3) is 0 Å². The van der Waals surface area contributed by atoms with E-state index in [9.17, 15) is 8.42 Å². The van der Waals surface area contributed by atoms with Crippen LogP contribution in [0.5, 0.6) is 0 Å². The van der Waals surface area contributed by atoms with Crippen molar-refractivity contribution in [2.24, 2.45) is 0 Å². The van der Waals surface area contributed by atoms with Gasteiger partial charge in [0.2, 0.25) is 0 Å². The molecule has 1 aromatic carbocycles. The SMILES string of the molecule is CCc1ccccc1CNS(=O)(=O)c1cnc[nH]1. The van der Waals surface area contributed by atoms with E-state index in [2.05, 4.69) is 14.7 Å². The Hall–Kier alpha value is -1.66. The Morgan fingerprint density at radius 1 is 1.28 bits per heavy atom.